The first-order chi connectivity index (χ1) is 10.5. The lowest BCUT2D eigenvalue weighted by Gasteiger charge is -2.28. The van der Waals surface area contributed by atoms with E-state index in [1.54, 1.807) is 18.3 Å². The molecule has 1 heterocycles. The predicted molar refractivity (Wildman–Crippen MR) is 85.7 cm³/mol. The fourth-order valence-electron chi connectivity index (χ4n) is 2.75. The number of halogens is 1. The summed E-state index contributed by atoms with van der Waals surface area (Å²) in [5.41, 5.74) is 0.598. The monoisotopic (exact) mass is 369 g/mol. The molecule has 7 heteroatoms. The molecule has 0 atom stereocenters. The van der Waals surface area contributed by atoms with Crippen molar-refractivity contribution < 1.29 is 14.7 Å². The third-order valence-electron chi connectivity index (χ3n) is 4.05. The zero-order valence-corrected chi connectivity index (χ0v) is 13.8. The molecule has 0 unspecified atom stereocenters. The van der Waals surface area contributed by atoms with Gasteiger partial charge in [0.2, 0.25) is 0 Å². The number of carbonyl (C=O) groups is 2. The lowest BCUT2D eigenvalue weighted by molar-refractivity contribution is 0.0940. The summed E-state index contributed by atoms with van der Waals surface area (Å²) in [6, 6.07) is 3.39. The fraction of sp³-hybridized carbons (Fsp3) is 0.533. The van der Waals surface area contributed by atoms with Crippen LogP contribution in [0.25, 0.3) is 0 Å². The van der Waals surface area contributed by atoms with Crippen molar-refractivity contribution in [3.63, 3.8) is 0 Å². The predicted octanol–water partition coefficient (Wildman–Crippen LogP) is 2.65. The van der Waals surface area contributed by atoms with Gasteiger partial charge in [-0.25, -0.2) is 9.78 Å². The summed E-state index contributed by atoms with van der Waals surface area (Å²) in [5, 5.41) is 14.0. The Kier molecular flexibility index (Phi) is 6.18. The van der Waals surface area contributed by atoms with Crippen LogP contribution >= 0.6 is 15.9 Å². The molecule has 1 fully saturated rings. The maximum Gasteiger partial charge on any atom is 0.404 e. The topological polar surface area (TPSA) is 91.3 Å². The highest BCUT2D eigenvalue weighted by atomic mass is 79.9. The molecule has 1 aromatic rings. The van der Waals surface area contributed by atoms with Crippen LogP contribution in [0, 0.1) is 11.8 Å². The second-order valence-electron chi connectivity index (χ2n) is 5.65. The van der Waals surface area contributed by atoms with Crippen molar-refractivity contribution in [2.45, 2.75) is 25.7 Å². The molecule has 2 amide bonds. The van der Waals surface area contributed by atoms with Crippen molar-refractivity contribution in [3.8, 4) is 0 Å². The Labute approximate surface area is 137 Å². The van der Waals surface area contributed by atoms with E-state index in [0.29, 0.717) is 35.1 Å². The zero-order chi connectivity index (χ0) is 15.9. The molecule has 3 N–H and O–H groups in total. The number of rotatable bonds is 5. The van der Waals surface area contributed by atoms with Crippen LogP contribution in [0.15, 0.2) is 22.9 Å². The van der Waals surface area contributed by atoms with Gasteiger partial charge in [0.25, 0.3) is 5.91 Å². The minimum Gasteiger partial charge on any atom is -0.465 e. The maximum atomic E-state index is 12.0. The van der Waals surface area contributed by atoms with Crippen molar-refractivity contribution in [3.05, 3.63) is 28.5 Å². The van der Waals surface area contributed by atoms with Gasteiger partial charge in [-0.05, 0) is 65.6 Å². The van der Waals surface area contributed by atoms with E-state index in [2.05, 4.69) is 31.5 Å². The fourth-order valence-corrected chi connectivity index (χ4v) is 3.12. The molecule has 0 bridgehead atoms. The Balaban J connectivity index is 1.70. The van der Waals surface area contributed by atoms with Gasteiger partial charge in [-0.3, -0.25) is 4.79 Å². The van der Waals surface area contributed by atoms with Crippen molar-refractivity contribution >= 4 is 27.9 Å². The molecule has 22 heavy (non-hydrogen) atoms. The summed E-state index contributed by atoms with van der Waals surface area (Å²) in [4.78, 5) is 26.5. The molecule has 0 aliphatic heterocycles. The first kappa shape index (κ1) is 16.7. The average Bonchev–Trinajstić information content (AvgIpc) is 2.51. The molecule has 1 aliphatic rings. The minimum absolute atomic E-state index is 0.0854. The van der Waals surface area contributed by atoms with E-state index in [4.69, 9.17) is 5.11 Å². The highest BCUT2D eigenvalue weighted by molar-refractivity contribution is 9.10. The van der Waals surface area contributed by atoms with Gasteiger partial charge in [-0.15, -0.1) is 0 Å². The van der Waals surface area contributed by atoms with Gasteiger partial charge in [0.05, 0.1) is 0 Å². The largest absolute Gasteiger partial charge is 0.465 e. The van der Waals surface area contributed by atoms with Gasteiger partial charge in [0.15, 0.2) is 0 Å². The van der Waals surface area contributed by atoms with Crippen LogP contribution in [-0.4, -0.2) is 35.2 Å². The van der Waals surface area contributed by atoms with Crippen molar-refractivity contribution in [1.29, 1.82) is 0 Å². The summed E-state index contributed by atoms with van der Waals surface area (Å²) >= 11 is 3.25. The third kappa shape index (κ3) is 5.29. The van der Waals surface area contributed by atoms with Crippen LogP contribution in [0.2, 0.25) is 0 Å². The summed E-state index contributed by atoms with van der Waals surface area (Å²) in [6.07, 6.45) is 4.68. The van der Waals surface area contributed by atoms with E-state index >= 15 is 0 Å². The lowest BCUT2D eigenvalue weighted by atomic mass is 9.82. The molecule has 1 aromatic heterocycles. The van der Waals surface area contributed by atoms with Gasteiger partial charge in [-0.1, -0.05) is 0 Å². The summed E-state index contributed by atoms with van der Waals surface area (Å²) in [5.74, 6) is 0.798. The smallest absolute Gasteiger partial charge is 0.404 e. The highest BCUT2D eigenvalue weighted by Crippen LogP contribution is 2.28. The number of hydrogen-bond acceptors (Lipinski definition) is 3. The Hall–Kier alpha value is -1.63. The first-order valence-corrected chi connectivity index (χ1v) is 8.20. The van der Waals surface area contributed by atoms with Crippen LogP contribution in [0.3, 0.4) is 0 Å². The van der Waals surface area contributed by atoms with Gasteiger partial charge in [0.1, 0.15) is 4.60 Å². The highest BCUT2D eigenvalue weighted by Gasteiger charge is 2.22. The number of amides is 2. The van der Waals surface area contributed by atoms with Crippen LogP contribution < -0.4 is 10.6 Å². The number of aromatic nitrogens is 1. The zero-order valence-electron chi connectivity index (χ0n) is 12.2. The van der Waals surface area contributed by atoms with Crippen LogP contribution in [0.5, 0.6) is 0 Å². The summed E-state index contributed by atoms with van der Waals surface area (Å²) < 4.78 is 0.645. The molecule has 6 nitrogen and oxygen atoms in total. The Morgan fingerprint density at radius 2 is 1.77 bits per heavy atom. The first-order valence-electron chi connectivity index (χ1n) is 7.41. The van der Waals surface area contributed by atoms with Crippen molar-refractivity contribution in [2.24, 2.45) is 11.8 Å². The molecule has 120 valence electrons. The molecule has 0 saturated heterocycles. The number of carbonyl (C=O) groups excluding carboxylic acids is 1. The van der Waals surface area contributed by atoms with Crippen LogP contribution in [0.4, 0.5) is 4.79 Å². The summed E-state index contributed by atoms with van der Waals surface area (Å²) in [7, 11) is 0. The molecule has 0 radical (unpaired) electrons. The molecule has 1 aliphatic carbocycles. The van der Waals surface area contributed by atoms with E-state index in [1.165, 1.54) is 0 Å². The normalized spacial score (nSPS) is 21.1. The Morgan fingerprint density at radius 3 is 2.32 bits per heavy atom. The standard InChI is InChI=1S/C15H20BrN3O3/c16-13-7-12(5-6-17-13)14(20)18-8-10-1-3-11(4-2-10)9-19-15(21)22/h5-7,10-11,19H,1-4,8-9H2,(H,18,20)(H,21,22). The van der Waals surface area contributed by atoms with E-state index in [0.717, 1.165) is 25.7 Å². The van der Waals surface area contributed by atoms with Crippen molar-refractivity contribution in [1.82, 2.24) is 15.6 Å². The number of pyridine rings is 1. The Bertz CT molecular complexity index is 531. The average molecular weight is 370 g/mol. The quantitative estimate of drug-likeness (QED) is 0.695. The second-order valence-corrected chi connectivity index (χ2v) is 6.46. The van der Waals surface area contributed by atoms with Crippen LogP contribution in [0.1, 0.15) is 36.0 Å². The van der Waals surface area contributed by atoms with Gasteiger partial charge >= 0.3 is 6.09 Å². The maximum absolute atomic E-state index is 12.0. The van der Waals surface area contributed by atoms with E-state index in [1.807, 2.05) is 0 Å². The molecule has 1 saturated carbocycles. The van der Waals surface area contributed by atoms with Crippen molar-refractivity contribution in [2.75, 3.05) is 13.1 Å². The number of hydrogen-bond donors (Lipinski definition) is 3. The number of nitrogens with one attached hydrogen (secondary N) is 2. The van der Waals surface area contributed by atoms with E-state index in [-0.39, 0.29) is 5.91 Å². The minimum atomic E-state index is -0.960. The lowest BCUT2D eigenvalue weighted by Crippen LogP contribution is -2.34. The van der Waals surface area contributed by atoms with Gasteiger partial charge in [0, 0.05) is 24.8 Å². The second kappa shape index (κ2) is 8.12. The summed E-state index contributed by atoms with van der Waals surface area (Å²) in [6.45, 7) is 1.19. The molecule has 0 spiro atoms. The molecule has 0 aromatic carbocycles. The molecular formula is C15H20BrN3O3. The number of carboxylic acid groups (broad SMARTS) is 1. The van der Waals surface area contributed by atoms with E-state index in [9.17, 15) is 9.59 Å². The van der Waals surface area contributed by atoms with E-state index < -0.39 is 6.09 Å². The van der Waals surface area contributed by atoms with Gasteiger partial charge in [-0.2, -0.15) is 0 Å². The van der Waals surface area contributed by atoms with Gasteiger partial charge < -0.3 is 15.7 Å². The SMILES string of the molecule is O=C(O)NCC1CCC(CNC(=O)c2ccnc(Br)c2)CC1. The van der Waals surface area contributed by atoms with Crippen LogP contribution in [-0.2, 0) is 0 Å². The number of nitrogens with zero attached hydrogens (tertiary/aromatic N) is 1. The molecular weight excluding hydrogens is 350 g/mol. The third-order valence-corrected chi connectivity index (χ3v) is 4.48. The Morgan fingerprint density at radius 1 is 1.18 bits per heavy atom. The molecule has 2 rings (SSSR count).